The second-order valence-electron chi connectivity index (χ2n) is 1.63. The summed E-state index contributed by atoms with van der Waals surface area (Å²) < 4.78 is 1.45. The molecule has 9 heavy (non-hydrogen) atoms. The maximum Gasteiger partial charge on any atom is 0.266 e. The van der Waals surface area contributed by atoms with Crippen molar-refractivity contribution in [2.24, 2.45) is 0 Å². The Morgan fingerprint density at radius 3 is 2.67 bits per heavy atom. The van der Waals surface area contributed by atoms with Crippen molar-refractivity contribution in [3.05, 3.63) is 19.5 Å². The van der Waals surface area contributed by atoms with Gasteiger partial charge in [0.2, 0.25) is 0 Å². The zero-order chi connectivity index (χ0) is 6.85. The molecule has 0 aromatic carbocycles. The molecule has 0 saturated heterocycles. The van der Waals surface area contributed by atoms with Crippen LogP contribution in [0.5, 0.6) is 0 Å². The van der Waals surface area contributed by atoms with E-state index in [-0.39, 0.29) is 5.56 Å². The van der Waals surface area contributed by atoms with Crippen LogP contribution in [0.1, 0.15) is 6.92 Å². The molecule has 0 spiro atoms. The number of rotatable bonds is 0. The first kappa shape index (κ1) is 6.29. The summed E-state index contributed by atoms with van der Waals surface area (Å²) in [4.78, 5) is 13.3. The molecule has 1 aromatic rings. The zero-order valence-corrected chi connectivity index (χ0v) is 5.92. The van der Waals surface area contributed by atoms with E-state index in [0.29, 0.717) is 4.66 Å². The first-order chi connectivity index (χ1) is 4.24. The van der Waals surface area contributed by atoms with Crippen LogP contribution in [0.15, 0.2) is 4.79 Å². The first-order valence-corrected chi connectivity index (χ1v) is 3.40. The maximum absolute atomic E-state index is 10.8. The Morgan fingerprint density at radius 2 is 2.44 bits per heavy atom. The lowest BCUT2D eigenvalue weighted by molar-refractivity contribution is 1.26. The van der Waals surface area contributed by atoms with Crippen molar-refractivity contribution in [2.45, 2.75) is 6.92 Å². The molecule has 0 radical (unpaired) electrons. The van der Waals surface area contributed by atoms with Crippen molar-refractivity contribution >= 4 is 24.0 Å². The van der Waals surface area contributed by atoms with Crippen LogP contribution in [0.25, 0.3) is 12.7 Å². The summed E-state index contributed by atoms with van der Waals surface area (Å²) in [5.74, 6) is 0. The summed E-state index contributed by atoms with van der Waals surface area (Å²) in [6, 6.07) is 0. The molecular weight excluding hydrogens is 134 g/mol. The molecular formula is C6H7NOS. The number of hydrogen-bond acceptors (Lipinski definition) is 2. The zero-order valence-electron chi connectivity index (χ0n) is 5.10. The number of aromatic amines is 1. The van der Waals surface area contributed by atoms with Crippen LogP contribution < -0.4 is 14.8 Å². The van der Waals surface area contributed by atoms with Crippen LogP contribution in [0.4, 0.5) is 0 Å². The van der Waals surface area contributed by atoms with Gasteiger partial charge in [-0.25, -0.2) is 0 Å². The van der Waals surface area contributed by atoms with Gasteiger partial charge in [-0.1, -0.05) is 12.7 Å². The van der Waals surface area contributed by atoms with E-state index in [4.69, 9.17) is 0 Å². The van der Waals surface area contributed by atoms with Gasteiger partial charge in [-0.3, -0.25) is 4.79 Å². The highest BCUT2D eigenvalue weighted by atomic mass is 32.1. The standard InChI is InChI=1S/C6H7NOS/c1-3-5-6(8)7-4(2)9-5/h3H,2H2,1H3,(H,7,8)/b5-3-. The summed E-state index contributed by atoms with van der Waals surface area (Å²) >= 11 is 1.38. The Labute approximate surface area is 56.2 Å². The first-order valence-electron chi connectivity index (χ1n) is 2.58. The normalized spacial score (nSPS) is 12.3. The Bertz CT molecular complexity index is 346. The van der Waals surface area contributed by atoms with Crippen molar-refractivity contribution in [3.8, 4) is 0 Å². The number of hydrogen-bond donors (Lipinski definition) is 1. The lowest BCUT2D eigenvalue weighted by Gasteiger charge is -1.60. The van der Waals surface area contributed by atoms with E-state index < -0.39 is 0 Å². The van der Waals surface area contributed by atoms with Gasteiger partial charge >= 0.3 is 0 Å². The van der Waals surface area contributed by atoms with Crippen molar-refractivity contribution in [1.29, 1.82) is 0 Å². The van der Waals surface area contributed by atoms with Crippen LogP contribution in [-0.4, -0.2) is 4.98 Å². The molecule has 0 atom stereocenters. The summed E-state index contributed by atoms with van der Waals surface area (Å²) in [7, 11) is 0. The average Bonchev–Trinajstić information content (AvgIpc) is 2.10. The molecule has 1 N–H and O–H groups in total. The summed E-state index contributed by atoms with van der Waals surface area (Å²) in [5, 5.41) is 0. The van der Waals surface area contributed by atoms with Gasteiger partial charge in [0, 0.05) is 0 Å². The lowest BCUT2D eigenvalue weighted by Crippen LogP contribution is -2.18. The van der Waals surface area contributed by atoms with Gasteiger partial charge < -0.3 is 4.98 Å². The molecule has 0 fully saturated rings. The molecule has 0 bridgehead atoms. The quantitative estimate of drug-likeness (QED) is 0.526. The molecule has 2 nitrogen and oxygen atoms in total. The fourth-order valence-corrected chi connectivity index (χ4v) is 1.25. The van der Waals surface area contributed by atoms with E-state index in [0.717, 1.165) is 4.53 Å². The molecule has 0 unspecified atom stereocenters. The fraction of sp³-hybridized carbons (Fsp3) is 0.167. The SMILES string of the molecule is C=c1[nH]c(=O)/c(=C/C)s1. The molecule has 0 aliphatic rings. The Kier molecular flexibility index (Phi) is 1.53. The third-order valence-electron chi connectivity index (χ3n) is 0.972. The second kappa shape index (κ2) is 2.19. The second-order valence-corrected chi connectivity index (χ2v) is 2.77. The Hall–Kier alpha value is -0.830. The van der Waals surface area contributed by atoms with Crippen LogP contribution in [0.3, 0.4) is 0 Å². The van der Waals surface area contributed by atoms with E-state index in [1.165, 1.54) is 11.3 Å². The van der Waals surface area contributed by atoms with Crippen molar-refractivity contribution in [1.82, 2.24) is 4.98 Å². The van der Waals surface area contributed by atoms with Crippen molar-refractivity contribution in [2.75, 3.05) is 0 Å². The molecule has 1 rings (SSSR count). The molecule has 1 heterocycles. The van der Waals surface area contributed by atoms with Crippen molar-refractivity contribution in [3.63, 3.8) is 0 Å². The minimum absolute atomic E-state index is 0.0347. The minimum atomic E-state index is -0.0347. The van der Waals surface area contributed by atoms with Crippen molar-refractivity contribution < 1.29 is 0 Å². The minimum Gasteiger partial charge on any atom is -0.313 e. The lowest BCUT2D eigenvalue weighted by atomic mass is 10.6. The molecule has 0 saturated carbocycles. The molecule has 1 aromatic heterocycles. The Balaban J connectivity index is 3.72. The van der Waals surface area contributed by atoms with E-state index >= 15 is 0 Å². The largest absolute Gasteiger partial charge is 0.313 e. The molecule has 0 amide bonds. The van der Waals surface area contributed by atoms with Crippen LogP contribution >= 0.6 is 11.3 Å². The van der Waals surface area contributed by atoms with Gasteiger partial charge in [0.15, 0.2) is 0 Å². The summed E-state index contributed by atoms with van der Waals surface area (Å²) in [5.41, 5.74) is -0.0347. The van der Waals surface area contributed by atoms with E-state index in [2.05, 4.69) is 11.6 Å². The van der Waals surface area contributed by atoms with E-state index in [9.17, 15) is 4.79 Å². The van der Waals surface area contributed by atoms with E-state index in [1.54, 1.807) is 6.08 Å². The smallest absolute Gasteiger partial charge is 0.266 e. The number of H-pyrrole nitrogens is 1. The number of aromatic nitrogens is 1. The molecule has 0 aliphatic heterocycles. The van der Waals surface area contributed by atoms with Gasteiger partial charge in [0.25, 0.3) is 5.56 Å². The monoisotopic (exact) mass is 141 g/mol. The highest BCUT2D eigenvalue weighted by Gasteiger charge is 1.86. The van der Waals surface area contributed by atoms with Gasteiger partial charge in [0.1, 0.15) is 0 Å². The highest BCUT2D eigenvalue weighted by molar-refractivity contribution is 7.07. The van der Waals surface area contributed by atoms with E-state index in [1.807, 2.05) is 6.92 Å². The molecule has 0 aliphatic carbocycles. The van der Waals surface area contributed by atoms with Crippen LogP contribution in [0.2, 0.25) is 0 Å². The number of nitrogens with one attached hydrogen (secondary N) is 1. The third kappa shape index (κ3) is 1.10. The van der Waals surface area contributed by atoms with Gasteiger partial charge in [-0.2, -0.15) is 0 Å². The van der Waals surface area contributed by atoms with Gasteiger partial charge in [-0.15, -0.1) is 11.3 Å². The predicted molar refractivity (Wildman–Crippen MR) is 39.9 cm³/mol. The summed E-state index contributed by atoms with van der Waals surface area (Å²) in [6.45, 7) is 5.43. The van der Waals surface area contributed by atoms with Crippen LogP contribution in [0, 0.1) is 0 Å². The summed E-state index contributed by atoms with van der Waals surface area (Å²) in [6.07, 6.45) is 1.78. The average molecular weight is 141 g/mol. The van der Waals surface area contributed by atoms with Crippen LogP contribution in [-0.2, 0) is 0 Å². The Morgan fingerprint density at radius 1 is 1.78 bits per heavy atom. The molecule has 3 heteroatoms. The topological polar surface area (TPSA) is 32.9 Å². The maximum atomic E-state index is 10.8. The highest BCUT2D eigenvalue weighted by Crippen LogP contribution is 1.63. The molecule has 48 valence electrons. The van der Waals surface area contributed by atoms with Gasteiger partial charge in [0.05, 0.1) is 9.20 Å². The predicted octanol–water partition coefficient (Wildman–Crippen LogP) is -0.353. The van der Waals surface area contributed by atoms with Gasteiger partial charge in [-0.05, 0) is 6.92 Å². The number of thiazole rings is 1. The third-order valence-corrected chi connectivity index (χ3v) is 1.96. The fourth-order valence-electron chi connectivity index (χ4n) is 0.583.